The van der Waals surface area contributed by atoms with Gasteiger partial charge in [-0.25, -0.2) is 9.97 Å². The van der Waals surface area contributed by atoms with Gasteiger partial charge in [0.2, 0.25) is 0 Å². The number of aromatic nitrogens is 2. The molecule has 7 rings (SSSR count). The molecule has 0 saturated carbocycles. The van der Waals surface area contributed by atoms with E-state index < -0.39 is 0 Å². The van der Waals surface area contributed by atoms with Gasteiger partial charge in [0.25, 0.3) is 0 Å². The van der Waals surface area contributed by atoms with Crippen LogP contribution in [-0.4, -0.2) is 47.8 Å². The number of fused-ring (bicyclic) bond motifs is 2. The monoisotopic (exact) mass is 480 g/mol. The molecule has 0 spiro atoms. The standard InChI is InChI=1S/C26H20N6S2/c1-2-4-18(26-32-20-8-6-16(14-22(20)34-26)24-29-11-12-30-24)17(3-1)25-31-19-7-5-15(13-21(19)33-25)23-27-9-10-28-23/h1-8,13-14H,9-12H2,(H,27,28)(H,29,30). The van der Waals surface area contributed by atoms with Gasteiger partial charge in [0, 0.05) is 35.3 Å². The van der Waals surface area contributed by atoms with Gasteiger partial charge in [-0.3, -0.25) is 9.98 Å². The van der Waals surface area contributed by atoms with Crippen molar-refractivity contribution in [3.63, 3.8) is 0 Å². The molecule has 5 aromatic rings. The average Bonchev–Trinajstić information content (AvgIpc) is 3.69. The number of amidine groups is 2. The highest BCUT2D eigenvalue weighted by molar-refractivity contribution is 7.22. The predicted octanol–water partition coefficient (Wildman–Crippen LogP) is 4.94. The van der Waals surface area contributed by atoms with Crippen LogP contribution in [0.3, 0.4) is 0 Å². The normalized spacial score (nSPS) is 15.4. The van der Waals surface area contributed by atoms with E-state index >= 15 is 0 Å². The van der Waals surface area contributed by atoms with E-state index in [9.17, 15) is 0 Å². The van der Waals surface area contributed by atoms with Crippen LogP contribution in [0.1, 0.15) is 11.1 Å². The molecule has 2 N–H and O–H groups in total. The molecule has 2 aliphatic heterocycles. The Bertz CT molecular complexity index is 1510. The topological polar surface area (TPSA) is 74.6 Å². The van der Waals surface area contributed by atoms with Crippen LogP contribution in [-0.2, 0) is 0 Å². The van der Waals surface area contributed by atoms with Crippen LogP contribution in [0.5, 0.6) is 0 Å². The molecule has 34 heavy (non-hydrogen) atoms. The lowest BCUT2D eigenvalue weighted by atomic mass is 10.1. The summed E-state index contributed by atoms with van der Waals surface area (Å²) in [4.78, 5) is 19.0. The molecular formula is C26H20N6S2. The van der Waals surface area contributed by atoms with Gasteiger partial charge in [-0.2, -0.15) is 0 Å². The second-order valence-electron chi connectivity index (χ2n) is 8.26. The summed E-state index contributed by atoms with van der Waals surface area (Å²) in [5, 5.41) is 8.73. The van der Waals surface area contributed by atoms with Crippen LogP contribution in [0.4, 0.5) is 0 Å². The van der Waals surface area contributed by atoms with Gasteiger partial charge >= 0.3 is 0 Å². The van der Waals surface area contributed by atoms with Gasteiger partial charge < -0.3 is 10.6 Å². The minimum Gasteiger partial charge on any atom is -0.368 e. The Morgan fingerprint density at radius 3 is 1.56 bits per heavy atom. The number of hydrogen-bond donors (Lipinski definition) is 2. The maximum Gasteiger partial charge on any atom is 0.128 e. The molecular weight excluding hydrogens is 460 g/mol. The molecule has 0 aliphatic carbocycles. The number of hydrogen-bond acceptors (Lipinski definition) is 8. The zero-order chi connectivity index (χ0) is 22.5. The van der Waals surface area contributed by atoms with Crippen LogP contribution < -0.4 is 10.6 Å². The van der Waals surface area contributed by atoms with Gasteiger partial charge in [0.1, 0.15) is 21.7 Å². The number of nitrogens with one attached hydrogen (secondary N) is 2. The maximum absolute atomic E-state index is 4.97. The molecule has 2 aliphatic rings. The second kappa shape index (κ2) is 8.00. The zero-order valence-corrected chi connectivity index (χ0v) is 19.8. The van der Waals surface area contributed by atoms with Crippen molar-refractivity contribution in [3.05, 3.63) is 71.8 Å². The lowest BCUT2D eigenvalue weighted by Crippen LogP contribution is -2.19. The fourth-order valence-corrected chi connectivity index (χ4v) is 6.50. The summed E-state index contributed by atoms with van der Waals surface area (Å²) in [7, 11) is 0. The highest BCUT2D eigenvalue weighted by Gasteiger charge is 2.17. The largest absolute Gasteiger partial charge is 0.368 e. The Hall–Kier alpha value is -3.62. The lowest BCUT2D eigenvalue weighted by Gasteiger charge is -2.03. The first-order chi connectivity index (χ1) is 16.8. The van der Waals surface area contributed by atoms with E-state index in [1.54, 1.807) is 22.7 Å². The van der Waals surface area contributed by atoms with Crippen LogP contribution in [0.2, 0.25) is 0 Å². The summed E-state index contributed by atoms with van der Waals surface area (Å²) in [6, 6.07) is 21.2. The van der Waals surface area contributed by atoms with Crippen molar-refractivity contribution < 1.29 is 0 Å². The predicted molar refractivity (Wildman–Crippen MR) is 142 cm³/mol. The van der Waals surface area contributed by atoms with Crippen molar-refractivity contribution in [2.45, 2.75) is 0 Å². The van der Waals surface area contributed by atoms with E-state index in [4.69, 9.17) is 9.97 Å². The fraction of sp³-hybridized carbons (Fsp3) is 0.154. The van der Waals surface area contributed by atoms with Gasteiger partial charge in [0.05, 0.1) is 33.5 Å². The first kappa shape index (κ1) is 19.8. The molecule has 0 unspecified atom stereocenters. The van der Waals surface area contributed by atoms with Gasteiger partial charge in [-0.05, 0) is 36.4 Å². The molecule has 6 nitrogen and oxygen atoms in total. The first-order valence-corrected chi connectivity index (χ1v) is 12.9. The third kappa shape index (κ3) is 3.38. The minimum atomic E-state index is 0.836. The molecule has 0 amide bonds. The van der Waals surface area contributed by atoms with Crippen LogP contribution in [0, 0.1) is 0 Å². The summed E-state index contributed by atoms with van der Waals surface area (Å²) in [5.74, 6) is 1.95. The van der Waals surface area contributed by atoms with Gasteiger partial charge in [0.15, 0.2) is 0 Å². The highest BCUT2D eigenvalue weighted by Crippen LogP contribution is 2.39. The Morgan fingerprint density at radius 2 is 1.12 bits per heavy atom. The summed E-state index contributed by atoms with van der Waals surface area (Å²) >= 11 is 3.43. The third-order valence-corrected chi connectivity index (χ3v) is 8.16. The molecule has 2 aromatic heterocycles. The smallest absolute Gasteiger partial charge is 0.128 e. The molecule has 0 saturated heterocycles. The zero-order valence-electron chi connectivity index (χ0n) is 18.2. The van der Waals surface area contributed by atoms with E-state index in [0.717, 1.165) is 90.6 Å². The molecule has 4 heterocycles. The molecule has 0 radical (unpaired) electrons. The van der Waals surface area contributed by atoms with E-state index in [1.807, 2.05) is 0 Å². The first-order valence-electron chi connectivity index (χ1n) is 11.3. The van der Waals surface area contributed by atoms with Crippen molar-refractivity contribution >= 4 is 54.8 Å². The quantitative estimate of drug-likeness (QED) is 0.382. The van der Waals surface area contributed by atoms with Crippen LogP contribution in [0.25, 0.3) is 41.6 Å². The maximum atomic E-state index is 4.97. The lowest BCUT2D eigenvalue weighted by molar-refractivity contribution is 0.960. The summed E-state index contributed by atoms with van der Waals surface area (Å²) < 4.78 is 2.33. The molecule has 0 fully saturated rings. The average molecular weight is 481 g/mol. The van der Waals surface area contributed by atoms with Gasteiger partial charge in [-0.15, -0.1) is 22.7 Å². The van der Waals surface area contributed by atoms with Crippen LogP contribution >= 0.6 is 22.7 Å². The summed E-state index contributed by atoms with van der Waals surface area (Å²) in [6.07, 6.45) is 0. The number of nitrogens with zero attached hydrogens (tertiary/aromatic N) is 4. The molecule has 0 atom stereocenters. The summed E-state index contributed by atoms with van der Waals surface area (Å²) in [6.45, 7) is 3.48. The number of benzene rings is 3. The van der Waals surface area contributed by atoms with Crippen molar-refractivity contribution in [1.82, 2.24) is 20.6 Å². The fourth-order valence-electron chi connectivity index (χ4n) is 4.41. The highest BCUT2D eigenvalue weighted by atomic mass is 32.1. The number of rotatable bonds is 4. The van der Waals surface area contributed by atoms with E-state index in [0.29, 0.717) is 0 Å². The minimum absolute atomic E-state index is 0.836. The number of aliphatic imine (C=N–C) groups is 2. The van der Waals surface area contributed by atoms with Crippen molar-refractivity contribution in [1.29, 1.82) is 0 Å². The molecule has 8 heteroatoms. The van der Waals surface area contributed by atoms with Crippen molar-refractivity contribution in [3.8, 4) is 21.1 Å². The Balaban J connectivity index is 1.30. The van der Waals surface area contributed by atoms with E-state index in [1.165, 1.54) is 0 Å². The van der Waals surface area contributed by atoms with Gasteiger partial charge in [-0.1, -0.05) is 24.3 Å². The molecule has 166 valence electrons. The molecule has 3 aromatic carbocycles. The Morgan fingerprint density at radius 1 is 0.618 bits per heavy atom. The molecule has 0 bridgehead atoms. The van der Waals surface area contributed by atoms with Crippen molar-refractivity contribution in [2.24, 2.45) is 9.98 Å². The van der Waals surface area contributed by atoms with E-state index in [2.05, 4.69) is 81.3 Å². The SMILES string of the molecule is c1ccc(-c2nc3ccc(C4=NCCN4)cc3s2)c(-c2nc3ccc(C4=NCCN4)cc3s2)c1. The number of thiazole rings is 2. The second-order valence-corrected chi connectivity index (χ2v) is 10.3. The van der Waals surface area contributed by atoms with Crippen LogP contribution in [0.15, 0.2) is 70.6 Å². The summed E-state index contributed by atoms with van der Waals surface area (Å²) in [5.41, 5.74) is 6.49. The third-order valence-electron chi connectivity index (χ3n) is 6.06. The van der Waals surface area contributed by atoms with E-state index in [-0.39, 0.29) is 0 Å². The Kier molecular flexibility index (Phi) is 4.66. The van der Waals surface area contributed by atoms with Crippen molar-refractivity contribution in [2.75, 3.05) is 26.2 Å². The Labute approximate surface area is 204 Å².